The van der Waals surface area contributed by atoms with Gasteiger partial charge in [-0.15, -0.1) is 10.2 Å². The summed E-state index contributed by atoms with van der Waals surface area (Å²) in [6, 6.07) is 10.3. The van der Waals surface area contributed by atoms with Crippen LogP contribution in [0.4, 0.5) is 9.93 Å². The van der Waals surface area contributed by atoms with E-state index < -0.39 is 0 Å². The number of likely N-dealkylation sites (tertiary alicyclic amines) is 1. The third-order valence-corrected chi connectivity index (χ3v) is 5.05. The van der Waals surface area contributed by atoms with E-state index in [-0.39, 0.29) is 12.1 Å². The number of aromatic nitrogens is 2. The number of anilines is 1. The quantitative estimate of drug-likeness (QED) is 0.945. The van der Waals surface area contributed by atoms with Crippen LogP contribution in [0.25, 0.3) is 0 Å². The lowest BCUT2D eigenvalue weighted by Crippen LogP contribution is -2.47. The second-order valence-corrected chi connectivity index (χ2v) is 6.57. The van der Waals surface area contributed by atoms with E-state index in [9.17, 15) is 4.79 Å². The van der Waals surface area contributed by atoms with Gasteiger partial charge in [-0.1, -0.05) is 41.7 Å². The van der Waals surface area contributed by atoms with Crippen molar-refractivity contribution >= 4 is 22.5 Å². The van der Waals surface area contributed by atoms with Crippen molar-refractivity contribution in [2.75, 3.05) is 11.9 Å². The highest BCUT2D eigenvalue weighted by molar-refractivity contribution is 7.15. The van der Waals surface area contributed by atoms with Crippen LogP contribution in [-0.2, 0) is 0 Å². The van der Waals surface area contributed by atoms with Crippen LogP contribution in [-0.4, -0.2) is 27.7 Å². The summed E-state index contributed by atoms with van der Waals surface area (Å²) in [5.41, 5.74) is 1.19. The maximum atomic E-state index is 12.3. The minimum absolute atomic E-state index is 0.0754. The minimum Gasteiger partial charge on any atom is -0.317 e. The molecule has 1 aromatic carbocycles. The van der Waals surface area contributed by atoms with E-state index >= 15 is 0 Å². The van der Waals surface area contributed by atoms with Crippen LogP contribution in [0.15, 0.2) is 30.3 Å². The molecule has 6 heteroatoms. The van der Waals surface area contributed by atoms with Crippen LogP contribution in [0.5, 0.6) is 0 Å². The Morgan fingerprint density at radius 1 is 1.19 bits per heavy atom. The normalized spacial score (nSPS) is 21.0. The molecule has 4 rings (SSSR count). The van der Waals surface area contributed by atoms with Crippen molar-refractivity contribution in [2.45, 2.75) is 31.2 Å². The summed E-state index contributed by atoms with van der Waals surface area (Å²) in [6.07, 6.45) is 3.41. The molecular formula is C15H16N4OS. The summed E-state index contributed by atoms with van der Waals surface area (Å²) in [5, 5.41) is 12.8. The van der Waals surface area contributed by atoms with E-state index in [1.807, 2.05) is 23.1 Å². The molecule has 1 atom stereocenters. The Morgan fingerprint density at radius 2 is 2.00 bits per heavy atom. The van der Waals surface area contributed by atoms with Gasteiger partial charge in [0.15, 0.2) is 0 Å². The van der Waals surface area contributed by atoms with Crippen LogP contribution in [0.2, 0.25) is 0 Å². The van der Waals surface area contributed by atoms with Gasteiger partial charge in [0, 0.05) is 12.5 Å². The van der Waals surface area contributed by atoms with Gasteiger partial charge in [-0.05, 0) is 24.8 Å². The number of urea groups is 1. The van der Waals surface area contributed by atoms with E-state index in [0.29, 0.717) is 11.0 Å². The average molecular weight is 300 g/mol. The van der Waals surface area contributed by atoms with E-state index in [1.165, 1.54) is 29.7 Å². The summed E-state index contributed by atoms with van der Waals surface area (Å²) in [5.74, 6) is 0.578. The molecular weight excluding hydrogens is 284 g/mol. The molecule has 0 bridgehead atoms. The molecule has 2 aliphatic rings. The Balaban J connectivity index is 1.42. The predicted molar refractivity (Wildman–Crippen MR) is 81.4 cm³/mol. The van der Waals surface area contributed by atoms with Gasteiger partial charge in [0.1, 0.15) is 5.01 Å². The summed E-state index contributed by atoms with van der Waals surface area (Å²) in [6.45, 7) is 0.791. The summed E-state index contributed by atoms with van der Waals surface area (Å²) in [4.78, 5) is 14.2. The van der Waals surface area contributed by atoms with E-state index in [4.69, 9.17) is 0 Å². The first kappa shape index (κ1) is 12.8. The molecule has 0 radical (unpaired) electrons. The van der Waals surface area contributed by atoms with Crippen molar-refractivity contribution in [3.8, 4) is 0 Å². The molecule has 2 aromatic rings. The molecule has 1 aliphatic heterocycles. The number of nitrogens with one attached hydrogen (secondary N) is 1. The second kappa shape index (κ2) is 5.11. The van der Waals surface area contributed by atoms with Gasteiger partial charge in [-0.25, -0.2) is 4.79 Å². The highest BCUT2D eigenvalue weighted by atomic mass is 32.1. The molecule has 21 heavy (non-hydrogen) atoms. The van der Waals surface area contributed by atoms with Crippen molar-refractivity contribution in [1.29, 1.82) is 0 Å². The molecule has 1 saturated heterocycles. The van der Waals surface area contributed by atoms with Gasteiger partial charge in [0.2, 0.25) is 5.13 Å². The lowest BCUT2D eigenvalue weighted by Gasteiger charge is -2.40. The number of nitrogens with zero attached hydrogens (tertiary/aromatic N) is 3. The topological polar surface area (TPSA) is 58.1 Å². The Bertz CT molecular complexity index is 653. The summed E-state index contributed by atoms with van der Waals surface area (Å²) in [7, 11) is 0. The minimum atomic E-state index is -0.0754. The first-order valence-electron chi connectivity index (χ1n) is 7.27. The highest BCUT2D eigenvalue weighted by Gasteiger charge is 2.34. The molecule has 1 aromatic heterocycles. The average Bonchev–Trinajstić information content (AvgIpc) is 3.20. The number of hydrogen-bond donors (Lipinski definition) is 1. The molecule has 108 valence electrons. The number of carbonyl (C=O) groups is 1. The van der Waals surface area contributed by atoms with Crippen LogP contribution in [0.3, 0.4) is 0 Å². The Morgan fingerprint density at radius 3 is 2.67 bits per heavy atom. The number of amides is 2. The van der Waals surface area contributed by atoms with Crippen molar-refractivity contribution in [3.05, 3.63) is 40.9 Å². The van der Waals surface area contributed by atoms with Gasteiger partial charge in [-0.2, -0.15) is 0 Å². The Hall–Kier alpha value is -1.95. The largest absolute Gasteiger partial charge is 0.324 e. The van der Waals surface area contributed by atoms with Crippen LogP contribution >= 0.6 is 11.3 Å². The zero-order valence-electron chi connectivity index (χ0n) is 11.5. The van der Waals surface area contributed by atoms with Crippen molar-refractivity contribution in [1.82, 2.24) is 15.1 Å². The number of benzene rings is 1. The first-order valence-corrected chi connectivity index (χ1v) is 8.09. The lowest BCUT2D eigenvalue weighted by atomic mass is 9.95. The van der Waals surface area contributed by atoms with E-state index in [0.717, 1.165) is 18.0 Å². The summed E-state index contributed by atoms with van der Waals surface area (Å²) < 4.78 is 0. The smallest absolute Gasteiger partial charge is 0.317 e. The lowest BCUT2D eigenvalue weighted by molar-refractivity contribution is 0.126. The molecule has 1 aliphatic carbocycles. The molecule has 0 spiro atoms. The second-order valence-electron chi connectivity index (χ2n) is 5.56. The zero-order valence-corrected chi connectivity index (χ0v) is 12.3. The Labute approximate surface area is 127 Å². The van der Waals surface area contributed by atoms with Gasteiger partial charge in [0.25, 0.3) is 0 Å². The third-order valence-electron chi connectivity index (χ3n) is 4.05. The third kappa shape index (κ3) is 2.51. The maximum Gasteiger partial charge on any atom is 0.324 e. The zero-order chi connectivity index (χ0) is 14.2. The monoisotopic (exact) mass is 300 g/mol. The van der Waals surface area contributed by atoms with Crippen molar-refractivity contribution in [3.63, 3.8) is 0 Å². The first-order chi connectivity index (χ1) is 10.3. The Kier molecular flexibility index (Phi) is 3.11. The van der Waals surface area contributed by atoms with Crippen molar-refractivity contribution in [2.24, 2.45) is 0 Å². The fourth-order valence-electron chi connectivity index (χ4n) is 2.60. The molecule has 2 heterocycles. The fourth-order valence-corrected chi connectivity index (χ4v) is 3.50. The number of hydrogen-bond acceptors (Lipinski definition) is 4. The van der Waals surface area contributed by atoms with E-state index in [2.05, 4.69) is 27.6 Å². The molecule has 1 N–H and O–H groups in total. The van der Waals surface area contributed by atoms with Crippen LogP contribution < -0.4 is 5.32 Å². The van der Waals surface area contributed by atoms with Gasteiger partial charge >= 0.3 is 6.03 Å². The molecule has 5 nitrogen and oxygen atoms in total. The highest BCUT2D eigenvalue weighted by Crippen LogP contribution is 2.42. The van der Waals surface area contributed by atoms with Gasteiger partial charge in [-0.3, -0.25) is 5.32 Å². The van der Waals surface area contributed by atoms with Crippen molar-refractivity contribution < 1.29 is 4.79 Å². The number of carbonyl (C=O) groups excluding carboxylic acids is 1. The molecule has 1 unspecified atom stereocenters. The van der Waals surface area contributed by atoms with Crippen LogP contribution in [0.1, 0.15) is 41.8 Å². The molecule has 2 amide bonds. The predicted octanol–water partition coefficient (Wildman–Crippen LogP) is 3.39. The number of rotatable bonds is 3. The maximum absolute atomic E-state index is 12.3. The standard InChI is InChI=1S/C15H16N4OS/c20-15(16-14-18-17-13(21-14)11-6-7-11)19-9-8-12(19)10-4-2-1-3-5-10/h1-5,11-12H,6-9H2,(H,16,18,20). The van der Waals surface area contributed by atoms with Gasteiger partial charge < -0.3 is 4.90 Å². The van der Waals surface area contributed by atoms with E-state index in [1.54, 1.807) is 0 Å². The molecule has 2 fully saturated rings. The van der Waals surface area contributed by atoms with Gasteiger partial charge in [0.05, 0.1) is 6.04 Å². The SMILES string of the molecule is O=C(Nc1nnc(C2CC2)s1)N1CCC1c1ccccc1. The fraction of sp³-hybridized carbons (Fsp3) is 0.400. The summed E-state index contributed by atoms with van der Waals surface area (Å²) >= 11 is 1.50. The van der Waals surface area contributed by atoms with Crippen LogP contribution in [0, 0.1) is 0 Å². The molecule has 1 saturated carbocycles.